The van der Waals surface area contributed by atoms with E-state index in [1.165, 1.54) is 0 Å². The van der Waals surface area contributed by atoms with Crippen molar-refractivity contribution in [1.82, 2.24) is 15.1 Å². The Morgan fingerprint density at radius 3 is 2.54 bits per heavy atom. The molecule has 0 fully saturated rings. The van der Waals surface area contributed by atoms with E-state index in [9.17, 15) is 4.79 Å². The topological polar surface area (TPSA) is 69.3 Å². The van der Waals surface area contributed by atoms with E-state index >= 15 is 0 Å². The molecule has 0 spiro atoms. The molecular formula is C22H19N3O3. The lowest BCUT2D eigenvalue weighted by atomic mass is 10.1. The molecule has 0 radical (unpaired) electrons. The van der Waals surface area contributed by atoms with Gasteiger partial charge in [0, 0.05) is 5.56 Å². The summed E-state index contributed by atoms with van der Waals surface area (Å²) >= 11 is 0. The van der Waals surface area contributed by atoms with Gasteiger partial charge in [0.2, 0.25) is 0 Å². The predicted molar refractivity (Wildman–Crippen MR) is 105 cm³/mol. The zero-order chi connectivity index (χ0) is 19.3. The summed E-state index contributed by atoms with van der Waals surface area (Å²) in [4.78, 5) is 12.9. The Morgan fingerprint density at radius 2 is 1.86 bits per heavy atom. The number of rotatable bonds is 6. The van der Waals surface area contributed by atoms with Gasteiger partial charge in [0.25, 0.3) is 5.91 Å². The molecule has 2 heterocycles. The number of ether oxygens (including phenoxy) is 1. The van der Waals surface area contributed by atoms with Gasteiger partial charge in [-0.1, -0.05) is 30.3 Å². The lowest BCUT2D eigenvalue weighted by Gasteiger charge is -2.08. The molecule has 0 aliphatic carbocycles. The van der Waals surface area contributed by atoms with Crippen LogP contribution >= 0.6 is 0 Å². The molecule has 0 bridgehead atoms. The summed E-state index contributed by atoms with van der Waals surface area (Å²) in [7, 11) is 1.62. The van der Waals surface area contributed by atoms with Gasteiger partial charge in [0.1, 0.15) is 17.2 Å². The van der Waals surface area contributed by atoms with Crippen LogP contribution < -0.4 is 10.1 Å². The lowest BCUT2D eigenvalue weighted by Crippen LogP contribution is -2.25. The van der Waals surface area contributed by atoms with Crippen LogP contribution in [0.25, 0.3) is 16.9 Å². The van der Waals surface area contributed by atoms with E-state index in [2.05, 4.69) is 10.4 Å². The van der Waals surface area contributed by atoms with E-state index in [1.807, 2.05) is 60.7 Å². The first-order chi connectivity index (χ1) is 13.7. The molecule has 0 atom stereocenters. The van der Waals surface area contributed by atoms with Crippen LogP contribution in [0.4, 0.5) is 0 Å². The summed E-state index contributed by atoms with van der Waals surface area (Å²) in [6.45, 7) is 0.306. The molecule has 4 rings (SSSR count). The van der Waals surface area contributed by atoms with Crippen molar-refractivity contribution < 1.29 is 13.9 Å². The fraction of sp³-hybridized carbons (Fsp3) is 0.0909. The molecule has 0 saturated carbocycles. The SMILES string of the molecule is COc1ccc(-n2nc(-c3ccccc3)cc2C(=O)NCc2ccco2)cc1. The molecule has 0 aliphatic heterocycles. The fourth-order valence-corrected chi connectivity index (χ4v) is 2.88. The minimum absolute atomic E-state index is 0.234. The molecule has 1 N–H and O–H groups in total. The van der Waals surface area contributed by atoms with Crippen molar-refractivity contribution in [3.63, 3.8) is 0 Å². The van der Waals surface area contributed by atoms with E-state index in [4.69, 9.17) is 9.15 Å². The summed E-state index contributed by atoms with van der Waals surface area (Å²) < 4.78 is 12.1. The number of amides is 1. The summed E-state index contributed by atoms with van der Waals surface area (Å²) in [6, 6.07) is 22.6. The van der Waals surface area contributed by atoms with Crippen molar-refractivity contribution in [2.45, 2.75) is 6.54 Å². The molecule has 6 nitrogen and oxygen atoms in total. The molecule has 0 saturated heterocycles. The summed E-state index contributed by atoms with van der Waals surface area (Å²) in [6.07, 6.45) is 1.58. The van der Waals surface area contributed by atoms with Crippen LogP contribution in [0, 0.1) is 0 Å². The third-order valence-corrected chi connectivity index (χ3v) is 4.33. The van der Waals surface area contributed by atoms with Crippen LogP contribution in [0.2, 0.25) is 0 Å². The number of benzene rings is 2. The van der Waals surface area contributed by atoms with Crippen LogP contribution in [0.15, 0.2) is 83.5 Å². The van der Waals surface area contributed by atoms with E-state index in [1.54, 1.807) is 30.2 Å². The number of carbonyl (C=O) groups excluding carboxylic acids is 1. The number of furan rings is 1. The number of aromatic nitrogens is 2. The highest BCUT2D eigenvalue weighted by Gasteiger charge is 2.18. The highest BCUT2D eigenvalue weighted by Crippen LogP contribution is 2.23. The summed E-state index contributed by atoms with van der Waals surface area (Å²) in [5.41, 5.74) is 2.87. The van der Waals surface area contributed by atoms with E-state index < -0.39 is 0 Å². The Labute approximate surface area is 162 Å². The number of nitrogens with zero attached hydrogens (tertiary/aromatic N) is 2. The molecular weight excluding hydrogens is 354 g/mol. The van der Waals surface area contributed by atoms with E-state index in [0.717, 1.165) is 22.7 Å². The monoisotopic (exact) mass is 373 g/mol. The largest absolute Gasteiger partial charge is 0.497 e. The third-order valence-electron chi connectivity index (χ3n) is 4.33. The van der Waals surface area contributed by atoms with Crippen molar-refractivity contribution in [2.75, 3.05) is 7.11 Å². The molecule has 1 amide bonds. The van der Waals surface area contributed by atoms with Gasteiger partial charge < -0.3 is 14.5 Å². The van der Waals surface area contributed by atoms with Crippen LogP contribution in [-0.4, -0.2) is 22.8 Å². The second-order valence-electron chi connectivity index (χ2n) is 6.15. The maximum atomic E-state index is 12.9. The Bertz CT molecular complexity index is 1050. The molecule has 2 aromatic carbocycles. The van der Waals surface area contributed by atoms with Crippen molar-refractivity contribution in [3.05, 3.63) is 90.5 Å². The van der Waals surface area contributed by atoms with Crippen molar-refractivity contribution >= 4 is 5.91 Å². The number of hydrogen-bond donors (Lipinski definition) is 1. The molecule has 0 aliphatic rings. The van der Waals surface area contributed by atoms with Crippen LogP contribution in [0.3, 0.4) is 0 Å². The van der Waals surface area contributed by atoms with Gasteiger partial charge in [-0.3, -0.25) is 4.79 Å². The van der Waals surface area contributed by atoms with Gasteiger partial charge in [-0.15, -0.1) is 0 Å². The molecule has 0 unspecified atom stereocenters. The van der Waals surface area contributed by atoms with Crippen molar-refractivity contribution in [2.24, 2.45) is 0 Å². The normalized spacial score (nSPS) is 10.6. The molecule has 4 aromatic rings. The average Bonchev–Trinajstić information content (AvgIpc) is 3.43. The molecule has 6 heteroatoms. The standard InChI is InChI=1S/C22H19N3O3/c1-27-18-11-9-17(10-12-18)25-21(22(26)23-15-19-8-5-13-28-19)14-20(24-25)16-6-3-2-4-7-16/h2-14H,15H2,1H3,(H,23,26). The Balaban J connectivity index is 1.69. The maximum absolute atomic E-state index is 12.9. The van der Waals surface area contributed by atoms with Gasteiger partial charge in [0.15, 0.2) is 0 Å². The minimum Gasteiger partial charge on any atom is -0.497 e. The van der Waals surface area contributed by atoms with Crippen LogP contribution in [-0.2, 0) is 6.54 Å². The van der Waals surface area contributed by atoms with E-state index in [-0.39, 0.29) is 5.91 Å². The quantitative estimate of drug-likeness (QED) is 0.553. The lowest BCUT2D eigenvalue weighted by molar-refractivity contribution is 0.0940. The van der Waals surface area contributed by atoms with Gasteiger partial charge in [-0.2, -0.15) is 5.10 Å². The second kappa shape index (κ2) is 7.84. The number of methoxy groups -OCH3 is 1. The van der Waals surface area contributed by atoms with Crippen molar-refractivity contribution in [3.8, 4) is 22.7 Å². The van der Waals surface area contributed by atoms with Crippen LogP contribution in [0.5, 0.6) is 5.75 Å². The van der Waals surface area contributed by atoms with Crippen LogP contribution in [0.1, 0.15) is 16.2 Å². The molecule has 140 valence electrons. The van der Waals surface area contributed by atoms with Gasteiger partial charge >= 0.3 is 0 Å². The Morgan fingerprint density at radius 1 is 1.07 bits per heavy atom. The Hall–Kier alpha value is -3.80. The van der Waals surface area contributed by atoms with Gasteiger partial charge in [0.05, 0.1) is 31.3 Å². The number of carbonyl (C=O) groups is 1. The first kappa shape index (κ1) is 17.6. The second-order valence-corrected chi connectivity index (χ2v) is 6.15. The smallest absolute Gasteiger partial charge is 0.270 e. The maximum Gasteiger partial charge on any atom is 0.270 e. The summed E-state index contributed by atoms with van der Waals surface area (Å²) in [5, 5.41) is 7.54. The molecule has 28 heavy (non-hydrogen) atoms. The summed E-state index contributed by atoms with van der Waals surface area (Å²) in [5.74, 6) is 1.19. The number of hydrogen-bond acceptors (Lipinski definition) is 4. The fourth-order valence-electron chi connectivity index (χ4n) is 2.88. The highest BCUT2D eigenvalue weighted by atomic mass is 16.5. The predicted octanol–water partition coefficient (Wildman–Crippen LogP) is 4.07. The van der Waals surface area contributed by atoms with Crippen molar-refractivity contribution in [1.29, 1.82) is 0 Å². The number of nitrogens with one attached hydrogen (secondary N) is 1. The highest BCUT2D eigenvalue weighted by molar-refractivity contribution is 5.94. The first-order valence-corrected chi connectivity index (χ1v) is 8.85. The average molecular weight is 373 g/mol. The zero-order valence-corrected chi connectivity index (χ0v) is 15.3. The Kier molecular flexibility index (Phi) is 4.93. The van der Waals surface area contributed by atoms with Gasteiger partial charge in [-0.05, 0) is 42.5 Å². The van der Waals surface area contributed by atoms with E-state index in [0.29, 0.717) is 18.0 Å². The first-order valence-electron chi connectivity index (χ1n) is 8.85. The minimum atomic E-state index is -0.234. The third kappa shape index (κ3) is 3.66. The zero-order valence-electron chi connectivity index (χ0n) is 15.3. The molecule has 2 aromatic heterocycles. The van der Waals surface area contributed by atoms with Gasteiger partial charge in [-0.25, -0.2) is 4.68 Å².